The maximum Gasteiger partial charge on any atom is 0.150 e. The van der Waals surface area contributed by atoms with Gasteiger partial charge < -0.3 is 5.32 Å². The van der Waals surface area contributed by atoms with E-state index in [1.165, 1.54) is 12.8 Å². The monoisotopic (exact) mass is 233 g/mol. The minimum Gasteiger partial charge on any atom is -0.314 e. The highest BCUT2D eigenvalue weighted by molar-refractivity contribution is 7.91. The van der Waals surface area contributed by atoms with E-state index in [4.69, 9.17) is 0 Å². The molecule has 0 amide bonds. The second-order valence-corrected chi connectivity index (χ2v) is 7.17. The molecule has 0 aromatic heterocycles. The molecule has 1 aliphatic heterocycles. The number of sulfone groups is 1. The largest absolute Gasteiger partial charge is 0.314 e. The summed E-state index contributed by atoms with van der Waals surface area (Å²) in [5.74, 6) is 0.928. The van der Waals surface area contributed by atoms with Crippen LogP contribution in [0, 0.1) is 5.92 Å². The smallest absolute Gasteiger partial charge is 0.150 e. The Bertz CT molecular complexity index is 266. The van der Waals surface area contributed by atoms with Crippen LogP contribution in [0.15, 0.2) is 0 Å². The number of piperidine rings is 1. The summed E-state index contributed by atoms with van der Waals surface area (Å²) in [6.07, 6.45) is 4.39. The lowest BCUT2D eigenvalue weighted by molar-refractivity contribution is 0.392. The highest BCUT2D eigenvalue weighted by Gasteiger charge is 2.18. The SMILES string of the molecule is CC(C)CS(=O)(=O)CC[C@@H]1CCCCN1. The Hall–Kier alpha value is -0.0900. The number of nitrogens with one attached hydrogen (secondary N) is 1. The molecule has 0 aromatic rings. The number of hydrogen-bond donors (Lipinski definition) is 1. The zero-order valence-corrected chi connectivity index (χ0v) is 10.6. The van der Waals surface area contributed by atoms with Gasteiger partial charge in [-0.25, -0.2) is 8.42 Å². The van der Waals surface area contributed by atoms with Crippen LogP contribution < -0.4 is 5.32 Å². The van der Waals surface area contributed by atoms with Crippen LogP contribution in [0.1, 0.15) is 39.5 Å². The quantitative estimate of drug-likeness (QED) is 0.784. The Morgan fingerprint density at radius 1 is 1.33 bits per heavy atom. The van der Waals surface area contributed by atoms with Crippen molar-refractivity contribution in [2.24, 2.45) is 5.92 Å². The molecule has 3 nitrogen and oxygen atoms in total. The van der Waals surface area contributed by atoms with E-state index < -0.39 is 9.84 Å². The van der Waals surface area contributed by atoms with Gasteiger partial charge in [0.1, 0.15) is 0 Å². The van der Waals surface area contributed by atoms with Gasteiger partial charge >= 0.3 is 0 Å². The van der Waals surface area contributed by atoms with Crippen LogP contribution in [0.25, 0.3) is 0 Å². The molecule has 0 aromatic carbocycles. The lowest BCUT2D eigenvalue weighted by Crippen LogP contribution is -2.35. The average molecular weight is 233 g/mol. The van der Waals surface area contributed by atoms with Crippen LogP contribution in [0.2, 0.25) is 0 Å². The average Bonchev–Trinajstić information content (AvgIpc) is 2.15. The second-order valence-electron chi connectivity index (χ2n) is 4.94. The van der Waals surface area contributed by atoms with Gasteiger partial charge in [0.15, 0.2) is 9.84 Å². The number of hydrogen-bond acceptors (Lipinski definition) is 3. The summed E-state index contributed by atoms with van der Waals surface area (Å²) in [6, 6.07) is 0.431. The molecule has 90 valence electrons. The van der Waals surface area contributed by atoms with E-state index in [-0.39, 0.29) is 5.92 Å². The van der Waals surface area contributed by atoms with Crippen molar-refractivity contribution in [3.8, 4) is 0 Å². The Morgan fingerprint density at radius 2 is 2.07 bits per heavy atom. The maximum absolute atomic E-state index is 11.7. The van der Waals surface area contributed by atoms with Crippen LogP contribution >= 0.6 is 0 Å². The fourth-order valence-electron chi connectivity index (χ4n) is 2.08. The molecule has 1 saturated heterocycles. The summed E-state index contributed by atoms with van der Waals surface area (Å²) in [6.45, 7) is 4.96. The fourth-order valence-corrected chi connectivity index (χ4v) is 3.91. The first kappa shape index (κ1) is 13.0. The molecule has 4 heteroatoms. The third kappa shape index (κ3) is 5.52. The predicted molar refractivity (Wildman–Crippen MR) is 63.8 cm³/mol. The summed E-state index contributed by atoms with van der Waals surface area (Å²) < 4.78 is 23.3. The van der Waals surface area contributed by atoms with Gasteiger partial charge in [0.05, 0.1) is 11.5 Å². The number of rotatable bonds is 5. The third-order valence-corrected chi connectivity index (χ3v) is 4.81. The molecule has 1 N–H and O–H groups in total. The van der Waals surface area contributed by atoms with Crippen molar-refractivity contribution in [2.45, 2.75) is 45.6 Å². The second kappa shape index (κ2) is 5.85. The van der Waals surface area contributed by atoms with Crippen LogP contribution in [0.5, 0.6) is 0 Å². The molecule has 1 atom stereocenters. The molecule has 0 radical (unpaired) electrons. The summed E-state index contributed by atoms with van der Waals surface area (Å²) in [5.41, 5.74) is 0. The summed E-state index contributed by atoms with van der Waals surface area (Å²) in [4.78, 5) is 0. The van der Waals surface area contributed by atoms with Gasteiger partial charge in [-0.3, -0.25) is 0 Å². The van der Waals surface area contributed by atoms with Crippen LogP contribution in [-0.2, 0) is 9.84 Å². The highest BCUT2D eigenvalue weighted by Crippen LogP contribution is 2.12. The van der Waals surface area contributed by atoms with Gasteiger partial charge in [0.25, 0.3) is 0 Å². The van der Waals surface area contributed by atoms with Gasteiger partial charge in [0, 0.05) is 6.04 Å². The van der Waals surface area contributed by atoms with E-state index in [9.17, 15) is 8.42 Å². The van der Waals surface area contributed by atoms with Crippen molar-refractivity contribution in [2.75, 3.05) is 18.1 Å². The summed E-state index contributed by atoms with van der Waals surface area (Å²) in [7, 11) is -2.82. The zero-order valence-electron chi connectivity index (χ0n) is 9.83. The first-order valence-corrected chi connectivity index (χ1v) is 7.75. The Labute approximate surface area is 93.6 Å². The first-order valence-electron chi connectivity index (χ1n) is 5.93. The van der Waals surface area contributed by atoms with Crippen molar-refractivity contribution in [1.29, 1.82) is 0 Å². The third-order valence-electron chi connectivity index (χ3n) is 2.78. The standard InChI is InChI=1S/C11H23NO2S/c1-10(2)9-15(13,14)8-6-11-5-3-4-7-12-11/h10-12H,3-9H2,1-2H3/t11-/m0/s1. The maximum atomic E-state index is 11.7. The molecule has 1 fully saturated rings. The molecular formula is C11H23NO2S. The predicted octanol–water partition coefficient (Wildman–Crippen LogP) is 1.59. The van der Waals surface area contributed by atoms with E-state index >= 15 is 0 Å². The first-order chi connectivity index (χ1) is 6.99. The van der Waals surface area contributed by atoms with Crippen molar-refractivity contribution in [3.05, 3.63) is 0 Å². The molecule has 0 aliphatic carbocycles. The van der Waals surface area contributed by atoms with E-state index in [0.29, 0.717) is 17.5 Å². The van der Waals surface area contributed by atoms with Gasteiger partial charge in [-0.1, -0.05) is 20.3 Å². The molecule has 1 rings (SSSR count). The zero-order chi connectivity index (χ0) is 11.3. The molecule has 0 saturated carbocycles. The van der Waals surface area contributed by atoms with Gasteiger partial charge in [-0.05, 0) is 31.7 Å². The summed E-state index contributed by atoms with van der Waals surface area (Å²) in [5, 5.41) is 3.38. The molecule has 15 heavy (non-hydrogen) atoms. The molecule has 0 bridgehead atoms. The lowest BCUT2D eigenvalue weighted by atomic mass is 10.0. The van der Waals surface area contributed by atoms with E-state index in [1.807, 2.05) is 13.8 Å². The van der Waals surface area contributed by atoms with Crippen LogP contribution in [0.3, 0.4) is 0 Å². The minimum atomic E-state index is -2.82. The Morgan fingerprint density at radius 3 is 2.60 bits per heavy atom. The van der Waals surface area contributed by atoms with Crippen molar-refractivity contribution in [1.82, 2.24) is 5.32 Å². The van der Waals surface area contributed by atoms with Gasteiger partial charge in [0.2, 0.25) is 0 Å². The van der Waals surface area contributed by atoms with Crippen molar-refractivity contribution in [3.63, 3.8) is 0 Å². The van der Waals surface area contributed by atoms with E-state index in [0.717, 1.165) is 19.4 Å². The van der Waals surface area contributed by atoms with Crippen molar-refractivity contribution < 1.29 is 8.42 Å². The summed E-state index contributed by atoms with van der Waals surface area (Å²) >= 11 is 0. The van der Waals surface area contributed by atoms with E-state index in [2.05, 4.69) is 5.32 Å². The van der Waals surface area contributed by atoms with Crippen molar-refractivity contribution >= 4 is 9.84 Å². The normalized spacial score (nSPS) is 23.3. The Kier molecular flexibility index (Phi) is 5.06. The molecule has 1 aliphatic rings. The Balaban J connectivity index is 2.28. The van der Waals surface area contributed by atoms with E-state index in [1.54, 1.807) is 0 Å². The molecular weight excluding hydrogens is 210 g/mol. The molecule has 1 heterocycles. The van der Waals surface area contributed by atoms with Gasteiger partial charge in [-0.2, -0.15) is 0 Å². The topological polar surface area (TPSA) is 46.2 Å². The lowest BCUT2D eigenvalue weighted by Gasteiger charge is -2.23. The fraction of sp³-hybridized carbons (Fsp3) is 1.00. The molecule has 0 unspecified atom stereocenters. The van der Waals surface area contributed by atoms with Crippen LogP contribution in [-0.4, -0.2) is 32.5 Å². The van der Waals surface area contributed by atoms with Gasteiger partial charge in [-0.15, -0.1) is 0 Å². The highest BCUT2D eigenvalue weighted by atomic mass is 32.2. The molecule has 0 spiro atoms. The van der Waals surface area contributed by atoms with Crippen LogP contribution in [0.4, 0.5) is 0 Å². The minimum absolute atomic E-state index is 0.245.